The Balaban J connectivity index is 2.01. The summed E-state index contributed by atoms with van der Waals surface area (Å²) in [5.41, 5.74) is 0.787. The Morgan fingerprint density at radius 3 is 2.88 bits per heavy atom. The molecule has 0 saturated carbocycles. The van der Waals surface area contributed by atoms with Crippen LogP contribution in [0.2, 0.25) is 0 Å². The van der Waals surface area contributed by atoms with Crippen molar-refractivity contribution in [3.8, 4) is 0 Å². The van der Waals surface area contributed by atoms with Gasteiger partial charge in [-0.25, -0.2) is 0 Å². The number of carboxylic acid groups (broad SMARTS) is 1. The van der Waals surface area contributed by atoms with Gasteiger partial charge < -0.3 is 15.2 Å². The molecule has 0 spiro atoms. The first-order valence-corrected chi connectivity index (χ1v) is 8.03. The second-order valence-corrected chi connectivity index (χ2v) is 6.87. The highest BCUT2D eigenvalue weighted by molar-refractivity contribution is 5.95. The number of carboxylic acids is 1. The lowest BCUT2D eigenvalue weighted by Gasteiger charge is -2.42. The van der Waals surface area contributed by atoms with Crippen LogP contribution in [0.1, 0.15) is 36.8 Å². The maximum Gasteiger partial charge on any atom is 0.323 e. The van der Waals surface area contributed by atoms with E-state index in [1.807, 2.05) is 25.7 Å². The Morgan fingerprint density at radius 2 is 2.25 bits per heavy atom. The maximum absolute atomic E-state index is 12.3. The number of carbonyl (C=O) groups excluding carboxylic acids is 1. The minimum atomic E-state index is -0.910. The van der Waals surface area contributed by atoms with Crippen LogP contribution in [0.15, 0.2) is 18.3 Å². The third kappa shape index (κ3) is 4.52. The lowest BCUT2D eigenvalue weighted by molar-refractivity contribution is -0.162. The first kappa shape index (κ1) is 18.4. The molecule has 7 nitrogen and oxygen atoms in total. The highest BCUT2D eigenvalue weighted by Gasteiger charge is 2.38. The molecule has 1 aromatic heterocycles. The number of nitrogens with zero attached hydrogens (tertiary/aromatic N) is 2. The number of hydrogen-bond acceptors (Lipinski definition) is 5. The lowest BCUT2D eigenvalue weighted by atomic mass is 10.0. The number of ether oxygens (including phenoxy) is 1. The van der Waals surface area contributed by atoms with Gasteiger partial charge in [-0.05, 0) is 39.8 Å². The summed E-state index contributed by atoms with van der Waals surface area (Å²) in [5, 5.41) is 12.3. The summed E-state index contributed by atoms with van der Waals surface area (Å²) >= 11 is 0. The van der Waals surface area contributed by atoms with Crippen LogP contribution >= 0.6 is 0 Å². The Bertz CT molecular complexity index is 618. The quantitative estimate of drug-likeness (QED) is 0.836. The van der Waals surface area contributed by atoms with Crippen molar-refractivity contribution in [2.24, 2.45) is 0 Å². The van der Waals surface area contributed by atoms with Gasteiger partial charge in [0.15, 0.2) is 0 Å². The van der Waals surface area contributed by atoms with Crippen LogP contribution in [-0.2, 0) is 9.53 Å². The highest BCUT2D eigenvalue weighted by Crippen LogP contribution is 2.21. The zero-order chi connectivity index (χ0) is 17.9. The minimum absolute atomic E-state index is 0.144. The number of aromatic nitrogens is 1. The molecule has 1 aromatic rings. The van der Waals surface area contributed by atoms with E-state index in [0.717, 1.165) is 0 Å². The fourth-order valence-electron chi connectivity index (χ4n) is 2.90. The van der Waals surface area contributed by atoms with E-state index in [1.54, 1.807) is 25.3 Å². The lowest BCUT2D eigenvalue weighted by Crippen LogP contribution is -2.59. The van der Waals surface area contributed by atoms with Crippen LogP contribution in [0, 0.1) is 6.92 Å². The number of pyridine rings is 1. The van der Waals surface area contributed by atoms with E-state index in [1.165, 1.54) is 0 Å². The molecule has 2 atom stereocenters. The minimum Gasteiger partial charge on any atom is -0.480 e. The highest BCUT2D eigenvalue weighted by atomic mass is 16.5. The van der Waals surface area contributed by atoms with Crippen molar-refractivity contribution < 1.29 is 19.4 Å². The number of nitrogens with one attached hydrogen (secondary N) is 1. The summed E-state index contributed by atoms with van der Waals surface area (Å²) in [6.07, 6.45) is 1.64. The number of amides is 1. The van der Waals surface area contributed by atoms with Crippen molar-refractivity contribution in [3.05, 3.63) is 29.6 Å². The van der Waals surface area contributed by atoms with Gasteiger partial charge in [-0.1, -0.05) is 0 Å². The number of carbonyl (C=O) groups is 2. The van der Waals surface area contributed by atoms with Gasteiger partial charge in [-0.2, -0.15) is 0 Å². The number of aliphatic carboxylic acids is 1. The van der Waals surface area contributed by atoms with Crippen molar-refractivity contribution in [2.75, 3.05) is 19.7 Å². The van der Waals surface area contributed by atoms with Gasteiger partial charge in [0.25, 0.3) is 5.91 Å². The molecule has 0 bridgehead atoms. The van der Waals surface area contributed by atoms with Gasteiger partial charge in [0.05, 0.1) is 17.8 Å². The largest absolute Gasteiger partial charge is 0.480 e. The monoisotopic (exact) mass is 335 g/mol. The van der Waals surface area contributed by atoms with Crippen LogP contribution in [0.25, 0.3) is 0 Å². The zero-order valence-corrected chi connectivity index (χ0v) is 14.6. The van der Waals surface area contributed by atoms with Gasteiger partial charge in [0, 0.05) is 31.0 Å². The molecule has 1 fully saturated rings. The predicted octanol–water partition coefficient (Wildman–Crippen LogP) is 1.07. The van der Waals surface area contributed by atoms with E-state index in [9.17, 15) is 14.7 Å². The molecule has 2 heterocycles. The average molecular weight is 335 g/mol. The normalized spacial score (nSPS) is 21.9. The average Bonchev–Trinajstić information content (AvgIpc) is 2.46. The fraction of sp³-hybridized carbons (Fsp3) is 0.588. The molecule has 2 rings (SSSR count). The summed E-state index contributed by atoms with van der Waals surface area (Å²) in [6, 6.07) is 2.55. The van der Waals surface area contributed by atoms with E-state index < -0.39 is 17.6 Å². The molecule has 1 saturated heterocycles. The standard InChI is InChI=1S/C17H25N3O4/c1-11(19-15(21)13-6-5-7-18-12(13)2)8-20-10-17(3,4)24-9-14(20)16(22)23/h5-7,11,14H,8-10H2,1-4H3,(H,19,21)(H,22,23). The zero-order valence-electron chi connectivity index (χ0n) is 14.6. The van der Waals surface area contributed by atoms with Gasteiger partial charge in [-0.15, -0.1) is 0 Å². The second kappa shape index (κ2) is 7.27. The van der Waals surface area contributed by atoms with Gasteiger partial charge in [0.2, 0.25) is 0 Å². The molecule has 1 aliphatic heterocycles. The second-order valence-electron chi connectivity index (χ2n) is 6.87. The van der Waals surface area contributed by atoms with Crippen LogP contribution in [0.4, 0.5) is 0 Å². The molecule has 0 aliphatic carbocycles. The molecular formula is C17H25N3O4. The number of aryl methyl sites for hydroxylation is 1. The predicted molar refractivity (Wildman–Crippen MR) is 88.9 cm³/mol. The first-order valence-electron chi connectivity index (χ1n) is 8.03. The van der Waals surface area contributed by atoms with Gasteiger partial charge in [0.1, 0.15) is 6.04 Å². The summed E-state index contributed by atoms with van der Waals surface area (Å²) in [5.74, 6) is -1.11. The van der Waals surface area contributed by atoms with E-state index >= 15 is 0 Å². The number of morpholine rings is 1. The molecule has 0 radical (unpaired) electrons. The molecule has 2 N–H and O–H groups in total. The molecule has 7 heteroatoms. The van der Waals surface area contributed by atoms with Crippen molar-refractivity contribution >= 4 is 11.9 Å². The summed E-state index contributed by atoms with van der Waals surface area (Å²) < 4.78 is 5.60. The van der Waals surface area contributed by atoms with Crippen molar-refractivity contribution in [1.29, 1.82) is 0 Å². The van der Waals surface area contributed by atoms with Crippen LogP contribution < -0.4 is 5.32 Å². The molecule has 0 aromatic carbocycles. The van der Waals surface area contributed by atoms with E-state index in [0.29, 0.717) is 24.3 Å². The SMILES string of the molecule is Cc1ncccc1C(=O)NC(C)CN1CC(C)(C)OCC1C(=O)O. The van der Waals surface area contributed by atoms with E-state index in [-0.39, 0.29) is 18.6 Å². The Morgan fingerprint density at radius 1 is 1.54 bits per heavy atom. The Kier molecular flexibility index (Phi) is 5.56. The Labute approximate surface area is 142 Å². The van der Waals surface area contributed by atoms with Gasteiger partial charge in [-0.3, -0.25) is 19.5 Å². The van der Waals surface area contributed by atoms with Crippen LogP contribution in [0.3, 0.4) is 0 Å². The molecule has 24 heavy (non-hydrogen) atoms. The molecule has 2 unspecified atom stereocenters. The van der Waals surface area contributed by atoms with Crippen LogP contribution in [-0.4, -0.2) is 64.2 Å². The van der Waals surface area contributed by atoms with Crippen LogP contribution in [0.5, 0.6) is 0 Å². The third-order valence-electron chi connectivity index (χ3n) is 4.08. The maximum atomic E-state index is 12.3. The fourth-order valence-corrected chi connectivity index (χ4v) is 2.90. The van der Waals surface area contributed by atoms with Crippen molar-refractivity contribution in [2.45, 2.75) is 45.4 Å². The molecule has 1 aliphatic rings. The number of hydrogen-bond donors (Lipinski definition) is 2. The summed E-state index contributed by atoms with van der Waals surface area (Å²) in [4.78, 5) is 29.7. The molecule has 1 amide bonds. The first-order chi connectivity index (χ1) is 11.2. The summed E-state index contributed by atoms with van der Waals surface area (Å²) in [7, 11) is 0. The number of rotatable bonds is 5. The molecular weight excluding hydrogens is 310 g/mol. The van der Waals surface area contributed by atoms with E-state index in [4.69, 9.17) is 4.74 Å². The smallest absolute Gasteiger partial charge is 0.323 e. The molecule has 132 valence electrons. The Hall–Kier alpha value is -1.99. The van der Waals surface area contributed by atoms with E-state index in [2.05, 4.69) is 10.3 Å². The van der Waals surface area contributed by atoms with Crippen molar-refractivity contribution in [3.63, 3.8) is 0 Å². The topological polar surface area (TPSA) is 91.8 Å². The van der Waals surface area contributed by atoms with Gasteiger partial charge >= 0.3 is 5.97 Å². The third-order valence-corrected chi connectivity index (χ3v) is 4.08. The summed E-state index contributed by atoms with van der Waals surface area (Å²) in [6.45, 7) is 8.59. The van der Waals surface area contributed by atoms with Crippen molar-refractivity contribution in [1.82, 2.24) is 15.2 Å².